The summed E-state index contributed by atoms with van der Waals surface area (Å²) in [4.78, 5) is 28.2. The molecule has 0 saturated carbocycles. The van der Waals surface area contributed by atoms with E-state index in [-0.39, 0.29) is 11.5 Å². The van der Waals surface area contributed by atoms with Crippen molar-refractivity contribution in [2.75, 3.05) is 11.4 Å². The van der Waals surface area contributed by atoms with Gasteiger partial charge in [0.05, 0.1) is 5.56 Å². The molecule has 0 unspecified atom stereocenters. The predicted octanol–water partition coefficient (Wildman–Crippen LogP) is 1.69. The maximum atomic E-state index is 11.8. The Morgan fingerprint density at radius 1 is 1.29 bits per heavy atom. The molecule has 1 fully saturated rings. The van der Waals surface area contributed by atoms with Gasteiger partial charge >= 0.3 is 5.97 Å². The van der Waals surface area contributed by atoms with Gasteiger partial charge in [-0.05, 0) is 25.0 Å². The van der Waals surface area contributed by atoms with E-state index in [2.05, 4.69) is 4.98 Å². The molecule has 2 rings (SSSR count). The van der Waals surface area contributed by atoms with Gasteiger partial charge in [-0.1, -0.05) is 6.42 Å². The summed E-state index contributed by atoms with van der Waals surface area (Å²) in [6, 6.07) is 3.06. The number of rotatable bonds is 2. The summed E-state index contributed by atoms with van der Waals surface area (Å²) in [6.45, 7) is 0.665. The Balaban J connectivity index is 2.20. The van der Waals surface area contributed by atoms with E-state index in [4.69, 9.17) is 5.11 Å². The number of carboxylic acids is 1. The number of aromatic carboxylic acids is 1. The molecule has 0 bridgehead atoms. The summed E-state index contributed by atoms with van der Waals surface area (Å²) in [6.07, 6.45) is 4.77. The van der Waals surface area contributed by atoms with Crippen molar-refractivity contribution >= 4 is 17.7 Å². The Hall–Kier alpha value is -1.91. The highest BCUT2D eigenvalue weighted by molar-refractivity contribution is 5.93. The summed E-state index contributed by atoms with van der Waals surface area (Å²) < 4.78 is 0. The summed E-state index contributed by atoms with van der Waals surface area (Å²) in [7, 11) is 0. The summed E-state index contributed by atoms with van der Waals surface area (Å²) in [5.41, 5.74) is 0.135. The predicted molar refractivity (Wildman–Crippen MR) is 62.0 cm³/mol. The van der Waals surface area contributed by atoms with E-state index in [1.54, 1.807) is 11.0 Å². The van der Waals surface area contributed by atoms with E-state index >= 15 is 0 Å². The lowest BCUT2D eigenvalue weighted by Gasteiger charge is -2.19. The van der Waals surface area contributed by atoms with Crippen LogP contribution in [0.5, 0.6) is 0 Å². The zero-order valence-electron chi connectivity index (χ0n) is 9.43. The van der Waals surface area contributed by atoms with Crippen molar-refractivity contribution in [3.8, 4) is 0 Å². The third kappa shape index (κ3) is 2.61. The first-order valence-corrected chi connectivity index (χ1v) is 5.68. The van der Waals surface area contributed by atoms with Gasteiger partial charge in [-0.15, -0.1) is 0 Å². The Morgan fingerprint density at radius 3 is 2.76 bits per heavy atom. The van der Waals surface area contributed by atoms with Gasteiger partial charge in [0.1, 0.15) is 5.82 Å². The topological polar surface area (TPSA) is 70.5 Å². The van der Waals surface area contributed by atoms with Gasteiger partial charge in [0.25, 0.3) is 0 Å². The molecule has 0 spiro atoms. The van der Waals surface area contributed by atoms with Crippen LogP contribution in [0.15, 0.2) is 18.3 Å². The first-order valence-electron chi connectivity index (χ1n) is 5.68. The van der Waals surface area contributed by atoms with Gasteiger partial charge < -0.3 is 5.11 Å². The molecular weight excluding hydrogens is 220 g/mol. The highest BCUT2D eigenvalue weighted by Crippen LogP contribution is 2.18. The average Bonchev–Trinajstić information content (AvgIpc) is 2.54. The number of anilines is 1. The van der Waals surface area contributed by atoms with Crippen LogP contribution in [0.4, 0.5) is 5.82 Å². The highest BCUT2D eigenvalue weighted by atomic mass is 16.4. The van der Waals surface area contributed by atoms with Crippen molar-refractivity contribution in [3.05, 3.63) is 23.9 Å². The number of hydrogen-bond donors (Lipinski definition) is 1. The Kier molecular flexibility index (Phi) is 3.37. The smallest absolute Gasteiger partial charge is 0.337 e. The second kappa shape index (κ2) is 4.95. The van der Waals surface area contributed by atoms with Crippen molar-refractivity contribution < 1.29 is 14.7 Å². The quantitative estimate of drug-likeness (QED) is 0.845. The summed E-state index contributed by atoms with van der Waals surface area (Å²) in [5, 5.41) is 8.76. The SMILES string of the molecule is O=C(O)c1ccc(N2CCCCCC2=O)nc1. The van der Waals surface area contributed by atoms with Gasteiger partial charge in [-0.25, -0.2) is 9.78 Å². The third-order valence-corrected chi connectivity index (χ3v) is 2.84. The number of carbonyl (C=O) groups is 2. The van der Waals surface area contributed by atoms with Crippen LogP contribution in [0.3, 0.4) is 0 Å². The molecule has 1 saturated heterocycles. The Bertz CT molecular complexity index is 428. The molecule has 1 N–H and O–H groups in total. The fourth-order valence-electron chi connectivity index (χ4n) is 1.90. The number of nitrogens with zero attached hydrogens (tertiary/aromatic N) is 2. The maximum Gasteiger partial charge on any atom is 0.337 e. The maximum absolute atomic E-state index is 11.8. The van der Waals surface area contributed by atoms with Crippen molar-refractivity contribution in [1.82, 2.24) is 4.98 Å². The lowest BCUT2D eigenvalue weighted by Crippen LogP contribution is -2.30. The highest BCUT2D eigenvalue weighted by Gasteiger charge is 2.19. The molecule has 2 heterocycles. The van der Waals surface area contributed by atoms with E-state index in [0.29, 0.717) is 18.8 Å². The number of pyridine rings is 1. The molecule has 5 nitrogen and oxygen atoms in total. The van der Waals surface area contributed by atoms with E-state index < -0.39 is 5.97 Å². The minimum absolute atomic E-state index is 0.0677. The molecular formula is C12H14N2O3. The second-order valence-electron chi connectivity index (χ2n) is 4.07. The fraction of sp³-hybridized carbons (Fsp3) is 0.417. The van der Waals surface area contributed by atoms with Crippen molar-refractivity contribution in [1.29, 1.82) is 0 Å². The zero-order chi connectivity index (χ0) is 12.3. The van der Waals surface area contributed by atoms with Gasteiger partial charge in [-0.2, -0.15) is 0 Å². The first kappa shape index (κ1) is 11.6. The van der Waals surface area contributed by atoms with Crippen molar-refractivity contribution in [3.63, 3.8) is 0 Å². The van der Waals surface area contributed by atoms with Crippen molar-refractivity contribution in [2.45, 2.75) is 25.7 Å². The largest absolute Gasteiger partial charge is 0.478 e. The summed E-state index contributed by atoms with van der Waals surface area (Å²) >= 11 is 0. The zero-order valence-corrected chi connectivity index (χ0v) is 9.43. The normalized spacial score (nSPS) is 16.7. The third-order valence-electron chi connectivity index (χ3n) is 2.84. The molecule has 5 heteroatoms. The number of aromatic nitrogens is 1. The molecule has 1 aliphatic heterocycles. The minimum Gasteiger partial charge on any atom is -0.478 e. The van der Waals surface area contributed by atoms with Crippen LogP contribution in [0, 0.1) is 0 Å². The van der Waals surface area contributed by atoms with Crippen molar-refractivity contribution in [2.24, 2.45) is 0 Å². The lowest BCUT2D eigenvalue weighted by molar-refractivity contribution is -0.118. The fourth-order valence-corrected chi connectivity index (χ4v) is 1.90. The van der Waals surface area contributed by atoms with Crippen LogP contribution in [0.2, 0.25) is 0 Å². The van der Waals surface area contributed by atoms with Crippen LogP contribution in [-0.4, -0.2) is 28.5 Å². The molecule has 1 amide bonds. The van der Waals surface area contributed by atoms with Crippen LogP contribution in [0.1, 0.15) is 36.0 Å². The molecule has 17 heavy (non-hydrogen) atoms. The van der Waals surface area contributed by atoms with Crippen LogP contribution in [0.25, 0.3) is 0 Å². The molecule has 1 aliphatic rings. The van der Waals surface area contributed by atoms with E-state index in [1.165, 1.54) is 12.3 Å². The van der Waals surface area contributed by atoms with Crippen LogP contribution < -0.4 is 4.90 Å². The van der Waals surface area contributed by atoms with Gasteiger partial charge in [0.2, 0.25) is 5.91 Å². The average molecular weight is 234 g/mol. The number of hydrogen-bond acceptors (Lipinski definition) is 3. The van der Waals surface area contributed by atoms with E-state index in [1.807, 2.05) is 0 Å². The lowest BCUT2D eigenvalue weighted by atomic mass is 10.2. The Labute approximate surface area is 99.1 Å². The molecule has 1 aromatic rings. The molecule has 0 aromatic carbocycles. The molecule has 0 atom stereocenters. The summed E-state index contributed by atoms with van der Waals surface area (Å²) in [5.74, 6) is -0.397. The Morgan fingerprint density at radius 2 is 2.12 bits per heavy atom. The van der Waals surface area contributed by atoms with Gasteiger partial charge in [0, 0.05) is 19.2 Å². The van der Waals surface area contributed by atoms with E-state index in [0.717, 1.165) is 19.3 Å². The van der Waals surface area contributed by atoms with Crippen LogP contribution in [-0.2, 0) is 4.79 Å². The van der Waals surface area contributed by atoms with E-state index in [9.17, 15) is 9.59 Å². The van der Waals surface area contributed by atoms with Gasteiger partial charge in [0.15, 0.2) is 0 Å². The van der Waals surface area contributed by atoms with Crippen LogP contribution >= 0.6 is 0 Å². The molecule has 90 valence electrons. The standard InChI is InChI=1S/C12H14N2O3/c15-11-4-2-1-3-7-14(11)10-6-5-9(8-13-10)12(16)17/h5-6,8H,1-4,7H2,(H,16,17). The molecule has 0 radical (unpaired) electrons. The molecule has 0 aliphatic carbocycles. The number of carbonyl (C=O) groups excluding carboxylic acids is 1. The molecule has 1 aromatic heterocycles. The number of carboxylic acid groups (broad SMARTS) is 1. The monoisotopic (exact) mass is 234 g/mol. The second-order valence-corrected chi connectivity index (χ2v) is 4.07. The van der Waals surface area contributed by atoms with Gasteiger partial charge in [-0.3, -0.25) is 9.69 Å². The first-order chi connectivity index (χ1) is 8.18. The number of amides is 1. The minimum atomic E-state index is -1.01.